The van der Waals surface area contributed by atoms with Crippen molar-refractivity contribution >= 4 is 17.6 Å². The third-order valence-corrected chi connectivity index (χ3v) is 3.28. The lowest BCUT2D eigenvalue weighted by atomic mass is 10.0. The second-order valence-corrected chi connectivity index (χ2v) is 4.49. The molecule has 4 heteroatoms. The Labute approximate surface area is 99.9 Å². The zero-order valence-electron chi connectivity index (χ0n) is 9.88. The number of carboxylic acids is 1. The first-order valence-corrected chi connectivity index (χ1v) is 5.62. The highest BCUT2D eigenvalue weighted by Gasteiger charge is 2.41. The molecule has 1 amide bonds. The molecule has 0 radical (unpaired) electrons. The van der Waals surface area contributed by atoms with Crippen molar-refractivity contribution in [2.24, 2.45) is 5.92 Å². The summed E-state index contributed by atoms with van der Waals surface area (Å²) in [4.78, 5) is 24.4. The average molecular weight is 233 g/mol. The lowest BCUT2D eigenvalue weighted by Gasteiger charge is -2.23. The van der Waals surface area contributed by atoms with E-state index in [1.807, 2.05) is 31.2 Å². The third kappa shape index (κ3) is 2.02. The van der Waals surface area contributed by atoms with Crippen LogP contribution in [0.2, 0.25) is 0 Å². The topological polar surface area (TPSA) is 57.6 Å². The van der Waals surface area contributed by atoms with Gasteiger partial charge in [0.15, 0.2) is 0 Å². The van der Waals surface area contributed by atoms with Gasteiger partial charge < -0.3 is 10.0 Å². The van der Waals surface area contributed by atoms with Crippen molar-refractivity contribution in [2.45, 2.75) is 26.3 Å². The minimum atomic E-state index is -0.902. The van der Waals surface area contributed by atoms with Crippen molar-refractivity contribution in [2.75, 3.05) is 4.90 Å². The number of carbonyl (C=O) groups excluding carboxylic acids is 1. The molecule has 90 valence electrons. The first kappa shape index (κ1) is 11.6. The molecule has 1 aliphatic rings. The summed E-state index contributed by atoms with van der Waals surface area (Å²) in [6, 6.07) is 7.26. The van der Waals surface area contributed by atoms with Gasteiger partial charge in [0.1, 0.15) is 0 Å². The second kappa shape index (κ2) is 4.20. The Balaban J connectivity index is 2.30. The van der Waals surface area contributed by atoms with Gasteiger partial charge in [0.2, 0.25) is 5.91 Å². The van der Waals surface area contributed by atoms with Gasteiger partial charge in [-0.1, -0.05) is 17.7 Å². The number of amides is 1. The van der Waals surface area contributed by atoms with Gasteiger partial charge in [-0.3, -0.25) is 9.59 Å². The minimum absolute atomic E-state index is 0.0877. The smallest absolute Gasteiger partial charge is 0.309 e. The first-order valence-electron chi connectivity index (χ1n) is 5.62. The molecule has 4 nitrogen and oxygen atoms in total. The molecule has 2 atom stereocenters. The van der Waals surface area contributed by atoms with E-state index in [0.29, 0.717) is 0 Å². The van der Waals surface area contributed by atoms with Crippen LogP contribution in [0, 0.1) is 12.8 Å². The molecule has 0 aromatic heterocycles. The molecule has 0 bridgehead atoms. The average Bonchev–Trinajstić information content (AvgIpc) is 2.56. The Kier molecular flexibility index (Phi) is 2.88. The van der Waals surface area contributed by atoms with Gasteiger partial charge in [0.25, 0.3) is 0 Å². The molecule has 1 aromatic rings. The summed E-state index contributed by atoms with van der Waals surface area (Å²) in [5, 5.41) is 9.03. The van der Waals surface area contributed by atoms with Crippen molar-refractivity contribution in [3.8, 4) is 0 Å². The molecule has 1 N–H and O–H groups in total. The molecular weight excluding hydrogens is 218 g/mol. The Hall–Kier alpha value is -1.84. The quantitative estimate of drug-likeness (QED) is 0.847. The summed E-state index contributed by atoms with van der Waals surface area (Å²) >= 11 is 0. The van der Waals surface area contributed by atoms with E-state index in [4.69, 9.17) is 5.11 Å². The maximum absolute atomic E-state index is 11.8. The van der Waals surface area contributed by atoms with Crippen LogP contribution in [-0.4, -0.2) is 23.0 Å². The summed E-state index contributed by atoms with van der Waals surface area (Å²) in [5.41, 5.74) is 1.89. The first-order chi connectivity index (χ1) is 8.00. The summed E-state index contributed by atoms with van der Waals surface area (Å²) in [6.45, 7) is 3.75. The number of carboxylic acid groups (broad SMARTS) is 1. The fraction of sp³-hybridized carbons (Fsp3) is 0.385. The largest absolute Gasteiger partial charge is 0.481 e. The second-order valence-electron chi connectivity index (χ2n) is 4.49. The fourth-order valence-corrected chi connectivity index (χ4v) is 2.24. The van der Waals surface area contributed by atoms with Gasteiger partial charge in [-0.15, -0.1) is 0 Å². The molecule has 2 unspecified atom stereocenters. The zero-order valence-corrected chi connectivity index (χ0v) is 9.88. The van der Waals surface area contributed by atoms with Crippen molar-refractivity contribution in [3.05, 3.63) is 29.8 Å². The summed E-state index contributed by atoms with van der Waals surface area (Å²) in [7, 11) is 0. The van der Waals surface area contributed by atoms with Crippen molar-refractivity contribution in [1.82, 2.24) is 0 Å². The van der Waals surface area contributed by atoms with Gasteiger partial charge in [-0.25, -0.2) is 0 Å². The molecule has 1 fully saturated rings. The SMILES string of the molecule is Cc1ccc(N2C(=O)CC(C(=O)O)C2C)cc1. The molecule has 0 saturated carbocycles. The van der Waals surface area contributed by atoms with E-state index in [9.17, 15) is 9.59 Å². The third-order valence-electron chi connectivity index (χ3n) is 3.28. The highest BCUT2D eigenvalue weighted by molar-refractivity contribution is 6.00. The maximum Gasteiger partial charge on any atom is 0.309 e. The molecule has 2 rings (SSSR count). The summed E-state index contributed by atoms with van der Waals surface area (Å²) in [5.74, 6) is -1.63. The van der Waals surface area contributed by atoms with Crippen molar-refractivity contribution in [1.29, 1.82) is 0 Å². The van der Waals surface area contributed by atoms with Crippen molar-refractivity contribution < 1.29 is 14.7 Å². The zero-order chi connectivity index (χ0) is 12.6. The Morgan fingerprint density at radius 3 is 2.41 bits per heavy atom. The number of carbonyl (C=O) groups is 2. The monoisotopic (exact) mass is 233 g/mol. The van der Waals surface area contributed by atoms with E-state index < -0.39 is 11.9 Å². The number of aliphatic carboxylic acids is 1. The van der Waals surface area contributed by atoms with Crippen LogP contribution in [0.25, 0.3) is 0 Å². The van der Waals surface area contributed by atoms with Crippen LogP contribution in [0.3, 0.4) is 0 Å². The number of hydrogen-bond donors (Lipinski definition) is 1. The van der Waals surface area contributed by atoms with Crippen LogP contribution in [0.4, 0.5) is 5.69 Å². The summed E-state index contributed by atoms with van der Waals surface area (Å²) in [6.07, 6.45) is 0.0877. The maximum atomic E-state index is 11.8. The van der Waals surface area contributed by atoms with Crippen LogP contribution in [-0.2, 0) is 9.59 Å². The summed E-state index contributed by atoms with van der Waals surface area (Å²) < 4.78 is 0. The molecule has 1 aromatic carbocycles. The molecule has 1 aliphatic heterocycles. The predicted octanol–water partition coefficient (Wildman–Crippen LogP) is 1.82. The number of rotatable bonds is 2. The standard InChI is InChI=1S/C13H15NO3/c1-8-3-5-10(6-4-8)14-9(2)11(13(16)17)7-12(14)15/h3-6,9,11H,7H2,1-2H3,(H,16,17). The van der Waals surface area contributed by atoms with Crippen LogP contribution >= 0.6 is 0 Å². The number of aryl methyl sites for hydroxylation is 1. The predicted molar refractivity (Wildman–Crippen MR) is 63.9 cm³/mol. The highest BCUT2D eigenvalue weighted by atomic mass is 16.4. The Bertz CT molecular complexity index is 452. The van der Waals surface area contributed by atoms with Crippen LogP contribution in [0.1, 0.15) is 18.9 Å². The Morgan fingerprint density at radius 1 is 1.35 bits per heavy atom. The van der Waals surface area contributed by atoms with Gasteiger partial charge in [0.05, 0.1) is 5.92 Å². The van der Waals surface area contributed by atoms with E-state index in [0.717, 1.165) is 11.3 Å². The van der Waals surface area contributed by atoms with Gasteiger partial charge in [0, 0.05) is 18.2 Å². The minimum Gasteiger partial charge on any atom is -0.481 e. The molecule has 17 heavy (non-hydrogen) atoms. The van der Waals surface area contributed by atoms with Crippen LogP contribution < -0.4 is 4.90 Å². The van der Waals surface area contributed by atoms with Crippen molar-refractivity contribution in [3.63, 3.8) is 0 Å². The van der Waals surface area contributed by atoms with E-state index in [2.05, 4.69) is 0 Å². The van der Waals surface area contributed by atoms with Crippen LogP contribution in [0.15, 0.2) is 24.3 Å². The molecule has 0 spiro atoms. The highest BCUT2D eigenvalue weighted by Crippen LogP contribution is 2.30. The van der Waals surface area contributed by atoms with Crippen LogP contribution in [0.5, 0.6) is 0 Å². The van der Waals surface area contributed by atoms with Gasteiger partial charge >= 0.3 is 5.97 Å². The van der Waals surface area contributed by atoms with E-state index >= 15 is 0 Å². The van der Waals surface area contributed by atoms with E-state index in [-0.39, 0.29) is 18.4 Å². The van der Waals surface area contributed by atoms with Gasteiger partial charge in [-0.05, 0) is 26.0 Å². The van der Waals surface area contributed by atoms with Gasteiger partial charge in [-0.2, -0.15) is 0 Å². The number of anilines is 1. The lowest BCUT2D eigenvalue weighted by molar-refractivity contribution is -0.142. The molecular formula is C13H15NO3. The Morgan fingerprint density at radius 2 is 1.94 bits per heavy atom. The van der Waals surface area contributed by atoms with E-state index in [1.165, 1.54) is 0 Å². The molecule has 1 heterocycles. The molecule has 1 saturated heterocycles. The normalized spacial score (nSPS) is 24.1. The molecule has 0 aliphatic carbocycles. The number of nitrogens with zero attached hydrogens (tertiary/aromatic N) is 1. The number of benzene rings is 1. The number of hydrogen-bond acceptors (Lipinski definition) is 2. The van der Waals surface area contributed by atoms with E-state index in [1.54, 1.807) is 11.8 Å². The lowest BCUT2D eigenvalue weighted by Crippen LogP contribution is -2.34. The fourth-order valence-electron chi connectivity index (χ4n) is 2.24.